The van der Waals surface area contributed by atoms with Crippen molar-refractivity contribution in [1.29, 1.82) is 5.26 Å². The largest absolute Gasteiger partial charge is 0.392 e. The molecule has 0 amide bonds. The third kappa shape index (κ3) is 2.18. The molecule has 0 aliphatic carbocycles. The first-order valence-electron chi connectivity index (χ1n) is 6.48. The quantitative estimate of drug-likeness (QED) is 0.788. The fourth-order valence-corrected chi connectivity index (χ4v) is 2.54. The summed E-state index contributed by atoms with van der Waals surface area (Å²) in [5.41, 5.74) is 3.72. The number of nitriles is 1. The van der Waals surface area contributed by atoms with E-state index in [0.29, 0.717) is 12.1 Å². The summed E-state index contributed by atoms with van der Waals surface area (Å²) in [6, 6.07) is 17.7. The molecule has 0 bridgehead atoms. The number of hydrogen-bond acceptors (Lipinski definition) is 2. The summed E-state index contributed by atoms with van der Waals surface area (Å²) in [5.74, 6) is 0. The van der Waals surface area contributed by atoms with Gasteiger partial charge in [0, 0.05) is 18.3 Å². The van der Waals surface area contributed by atoms with Gasteiger partial charge in [0.25, 0.3) is 0 Å². The normalized spacial score (nSPS) is 10.6. The summed E-state index contributed by atoms with van der Waals surface area (Å²) in [7, 11) is 0. The highest BCUT2D eigenvalue weighted by atomic mass is 16.3. The van der Waals surface area contributed by atoms with Gasteiger partial charge in [-0.3, -0.25) is 0 Å². The lowest BCUT2D eigenvalue weighted by Gasteiger charge is -2.09. The molecule has 20 heavy (non-hydrogen) atoms. The van der Waals surface area contributed by atoms with E-state index in [4.69, 9.17) is 5.26 Å². The highest BCUT2D eigenvalue weighted by Crippen LogP contribution is 2.21. The van der Waals surface area contributed by atoms with E-state index in [2.05, 4.69) is 10.6 Å². The Bertz CT molecular complexity index is 796. The van der Waals surface area contributed by atoms with Gasteiger partial charge in [-0.05, 0) is 29.1 Å². The van der Waals surface area contributed by atoms with Gasteiger partial charge < -0.3 is 9.67 Å². The summed E-state index contributed by atoms with van der Waals surface area (Å²) < 4.78 is 2.11. The zero-order chi connectivity index (χ0) is 13.9. The Hall–Kier alpha value is -2.57. The van der Waals surface area contributed by atoms with Crippen molar-refractivity contribution in [3.05, 3.63) is 71.4 Å². The maximum atomic E-state index is 9.47. The van der Waals surface area contributed by atoms with E-state index in [1.54, 1.807) is 6.07 Å². The first-order chi connectivity index (χ1) is 9.81. The zero-order valence-electron chi connectivity index (χ0n) is 11.0. The van der Waals surface area contributed by atoms with Gasteiger partial charge in [0.05, 0.1) is 23.8 Å². The van der Waals surface area contributed by atoms with E-state index in [-0.39, 0.29) is 6.61 Å². The highest BCUT2D eigenvalue weighted by Gasteiger charge is 2.06. The topological polar surface area (TPSA) is 49.0 Å². The van der Waals surface area contributed by atoms with Crippen LogP contribution in [-0.4, -0.2) is 9.67 Å². The fourth-order valence-electron chi connectivity index (χ4n) is 2.54. The van der Waals surface area contributed by atoms with Crippen molar-refractivity contribution in [2.75, 3.05) is 0 Å². The lowest BCUT2D eigenvalue weighted by atomic mass is 10.1. The smallest absolute Gasteiger partial charge is 0.0991 e. The second kappa shape index (κ2) is 5.20. The van der Waals surface area contributed by atoms with Crippen LogP contribution in [0.2, 0.25) is 0 Å². The molecule has 3 nitrogen and oxygen atoms in total. The van der Waals surface area contributed by atoms with Gasteiger partial charge in [-0.1, -0.05) is 30.3 Å². The lowest BCUT2D eigenvalue weighted by molar-refractivity contribution is 0.283. The Labute approximate surface area is 117 Å². The molecule has 3 heteroatoms. The predicted octanol–water partition coefficient (Wildman–Crippen LogP) is 3.05. The SMILES string of the molecule is N#Cc1cccc(Cn2ccc3cccc(CO)c32)c1. The van der Waals surface area contributed by atoms with E-state index in [1.165, 1.54) is 0 Å². The molecule has 0 saturated heterocycles. The van der Waals surface area contributed by atoms with E-state index < -0.39 is 0 Å². The molecule has 0 saturated carbocycles. The van der Waals surface area contributed by atoms with Crippen LogP contribution in [0.5, 0.6) is 0 Å². The summed E-state index contributed by atoms with van der Waals surface area (Å²) in [4.78, 5) is 0. The molecule has 2 aromatic carbocycles. The van der Waals surface area contributed by atoms with E-state index >= 15 is 0 Å². The molecule has 1 N–H and O–H groups in total. The molecule has 0 atom stereocenters. The third-order valence-corrected chi connectivity index (χ3v) is 3.45. The average molecular weight is 262 g/mol. The number of aromatic nitrogens is 1. The number of para-hydroxylation sites is 1. The summed E-state index contributed by atoms with van der Waals surface area (Å²) >= 11 is 0. The second-order valence-corrected chi connectivity index (χ2v) is 4.77. The molecule has 98 valence electrons. The molecule has 1 heterocycles. The lowest BCUT2D eigenvalue weighted by Crippen LogP contribution is -2.00. The van der Waals surface area contributed by atoms with Crippen LogP contribution >= 0.6 is 0 Å². The van der Waals surface area contributed by atoms with Crippen molar-refractivity contribution in [1.82, 2.24) is 4.57 Å². The van der Waals surface area contributed by atoms with E-state index in [0.717, 1.165) is 22.0 Å². The van der Waals surface area contributed by atoms with Gasteiger partial charge in [0.15, 0.2) is 0 Å². The van der Waals surface area contributed by atoms with Crippen LogP contribution in [0, 0.1) is 11.3 Å². The molecule has 3 rings (SSSR count). The van der Waals surface area contributed by atoms with Crippen molar-refractivity contribution >= 4 is 10.9 Å². The Balaban J connectivity index is 2.05. The first-order valence-corrected chi connectivity index (χ1v) is 6.48. The Morgan fingerprint density at radius 2 is 1.95 bits per heavy atom. The monoisotopic (exact) mass is 262 g/mol. The molecule has 0 radical (unpaired) electrons. The molecular formula is C17H14N2O. The van der Waals surface area contributed by atoms with Crippen LogP contribution < -0.4 is 0 Å². The van der Waals surface area contributed by atoms with Crippen molar-refractivity contribution in [2.24, 2.45) is 0 Å². The molecule has 0 aliphatic rings. The summed E-state index contributed by atoms with van der Waals surface area (Å²) in [6.45, 7) is 0.718. The van der Waals surface area contributed by atoms with Gasteiger partial charge in [0.2, 0.25) is 0 Å². The summed E-state index contributed by atoms with van der Waals surface area (Å²) in [5, 5.41) is 19.5. The molecule has 1 aromatic heterocycles. The minimum absolute atomic E-state index is 0.0274. The number of hydrogen-bond donors (Lipinski definition) is 1. The van der Waals surface area contributed by atoms with Crippen LogP contribution in [0.15, 0.2) is 54.7 Å². The standard InChI is InChI=1S/C17H14N2O/c18-10-13-3-1-4-14(9-13)11-19-8-7-15-5-2-6-16(12-20)17(15)19/h1-9,20H,11-12H2. The van der Waals surface area contributed by atoms with Gasteiger partial charge in [-0.25, -0.2) is 0 Å². The number of aliphatic hydroxyl groups excluding tert-OH is 1. The maximum absolute atomic E-state index is 9.47. The van der Waals surface area contributed by atoms with Crippen LogP contribution in [0.1, 0.15) is 16.7 Å². The Morgan fingerprint density at radius 1 is 1.10 bits per heavy atom. The van der Waals surface area contributed by atoms with Crippen molar-refractivity contribution in [3.63, 3.8) is 0 Å². The number of benzene rings is 2. The Morgan fingerprint density at radius 3 is 2.75 bits per heavy atom. The first kappa shape index (κ1) is 12.5. The van der Waals surface area contributed by atoms with Crippen LogP contribution in [-0.2, 0) is 13.2 Å². The zero-order valence-corrected chi connectivity index (χ0v) is 11.0. The number of fused-ring (bicyclic) bond motifs is 1. The van der Waals surface area contributed by atoms with Crippen LogP contribution in [0.3, 0.4) is 0 Å². The van der Waals surface area contributed by atoms with Gasteiger partial charge >= 0.3 is 0 Å². The molecule has 0 spiro atoms. The maximum Gasteiger partial charge on any atom is 0.0991 e. The van der Waals surface area contributed by atoms with Crippen molar-refractivity contribution in [2.45, 2.75) is 13.2 Å². The van der Waals surface area contributed by atoms with Crippen molar-refractivity contribution < 1.29 is 5.11 Å². The molecule has 0 aliphatic heterocycles. The van der Waals surface area contributed by atoms with Gasteiger partial charge in [0.1, 0.15) is 0 Å². The summed E-state index contributed by atoms with van der Waals surface area (Å²) in [6.07, 6.45) is 2.02. The Kier molecular flexibility index (Phi) is 3.24. The molecule has 0 fully saturated rings. The number of nitrogens with zero attached hydrogens (tertiary/aromatic N) is 2. The number of rotatable bonds is 3. The molecule has 0 unspecified atom stereocenters. The van der Waals surface area contributed by atoms with Gasteiger partial charge in [-0.15, -0.1) is 0 Å². The minimum atomic E-state index is 0.0274. The van der Waals surface area contributed by atoms with E-state index in [1.807, 2.05) is 48.7 Å². The van der Waals surface area contributed by atoms with E-state index in [9.17, 15) is 5.11 Å². The number of aliphatic hydroxyl groups is 1. The van der Waals surface area contributed by atoms with Crippen molar-refractivity contribution in [3.8, 4) is 6.07 Å². The van der Waals surface area contributed by atoms with Crippen LogP contribution in [0.4, 0.5) is 0 Å². The average Bonchev–Trinajstić information content (AvgIpc) is 2.90. The molecule has 3 aromatic rings. The van der Waals surface area contributed by atoms with Crippen LogP contribution in [0.25, 0.3) is 10.9 Å². The fraction of sp³-hybridized carbons (Fsp3) is 0.118. The predicted molar refractivity (Wildman–Crippen MR) is 78.1 cm³/mol. The van der Waals surface area contributed by atoms with Gasteiger partial charge in [-0.2, -0.15) is 5.26 Å². The highest BCUT2D eigenvalue weighted by molar-refractivity contribution is 5.83. The third-order valence-electron chi connectivity index (χ3n) is 3.45. The molecular weight excluding hydrogens is 248 g/mol. The second-order valence-electron chi connectivity index (χ2n) is 4.77. The minimum Gasteiger partial charge on any atom is -0.392 e.